The van der Waals surface area contributed by atoms with Crippen molar-refractivity contribution in [3.05, 3.63) is 77.1 Å². The standard InChI is InChI=1S/C20H19FN4OS/c21-15-6-8-16(9-7-15)23-10-12-24(13-11-23)19(26)18-14-22-20(27)25(18)17-4-2-1-3-5-17/h1-9,14H,10-13H2,(H,22,27). The zero-order valence-electron chi connectivity index (χ0n) is 14.6. The molecular formula is C20H19FN4OS. The van der Waals surface area contributed by atoms with Gasteiger partial charge in [-0.25, -0.2) is 4.39 Å². The SMILES string of the molecule is O=C(c1c[nH]c(=S)n1-c1ccccc1)N1CCN(c2ccc(F)cc2)CC1. The Labute approximate surface area is 161 Å². The molecule has 0 radical (unpaired) electrons. The topological polar surface area (TPSA) is 44.3 Å². The van der Waals surface area contributed by atoms with Gasteiger partial charge < -0.3 is 14.8 Å². The summed E-state index contributed by atoms with van der Waals surface area (Å²) in [5, 5.41) is 0. The van der Waals surface area contributed by atoms with Crippen molar-refractivity contribution >= 4 is 23.8 Å². The fourth-order valence-corrected chi connectivity index (χ4v) is 3.60. The molecule has 2 heterocycles. The molecule has 0 spiro atoms. The highest BCUT2D eigenvalue weighted by Gasteiger charge is 2.25. The summed E-state index contributed by atoms with van der Waals surface area (Å²) < 4.78 is 15.4. The molecule has 1 N–H and O–H groups in total. The lowest BCUT2D eigenvalue weighted by molar-refractivity contribution is 0.0738. The number of amides is 1. The van der Waals surface area contributed by atoms with Crippen molar-refractivity contribution in [1.29, 1.82) is 0 Å². The summed E-state index contributed by atoms with van der Waals surface area (Å²) in [4.78, 5) is 20.0. The quantitative estimate of drug-likeness (QED) is 0.704. The van der Waals surface area contributed by atoms with Crippen LogP contribution in [-0.4, -0.2) is 46.5 Å². The largest absolute Gasteiger partial charge is 0.368 e. The highest BCUT2D eigenvalue weighted by molar-refractivity contribution is 7.71. The molecule has 0 aliphatic carbocycles. The van der Waals surface area contributed by atoms with Gasteiger partial charge in [0.15, 0.2) is 4.77 Å². The van der Waals surface area contributed by atoms with Crippen LogP contribution >= 0.6 is 12.2 Å². The zero-order valence-corrected chi connectivity index (χ0v) is 15.5. The lowest BCUT2D eigenvalue weighted by Gasteiger charge is -2.36. The minimum Gasteiger partial charge on any atom is -0.368 e. The fraction of sp³-hybridized carbons (Fsp3) is 0.200. The van der Waals surface area contributed by atoms with E-state index in [1.165, 1.54) is 12.1 Å². The Bertz CT molecular complexity index is 989. The average molecular weight is 382 g/mol. The maximum absolute atomic E-state index is 13.1. The van der Waals surface area contributed by atoms with Crippen LogP contribution in [0.5, 0.6) is 0 Å². The van der Waals surface area contributed by atoms with Gasteiger partial charge in [-0.2, -0.15) is 0 Å². The number of aromatic nitrogens is 2. The summed E-state index contributed by atoms with van der Waals surface area (Å²) in [5.41, 5.74) is 2.36. The van der Waals surface area contributed by atoms with E-state index < -0.39 is 0 Å². The first-order valence-corrected chi connectivity index (χ1v) is 9.20. The van der Waals surface area contributed by atoms with Crippen molar-refractivity contribution in [1.82, 2.24) is 14.5 Å². The molecule has 1 aromatic heterocycles. The number of hydrogen-bond donors (Lipinski definition) is 1. The fourth-order valence-electron chi connectivity index (χ4n) is 3.34. The van der Waals surface area contributed by atoms with Crippen molar-refractivity contribution < 1.29 is 9.18 Å². The molecule has 1 aliphatic rings. The van der Waals surface area contributed by atoms with E-state index in [4.69, 9.17) is 12.2 Å². The van der Waals surface area contributed by atoms with Crippen LogP contribution in [0.1, 0.15) is 10.5 Å². The van der Waals surface area contributed by atoms with Crippen LogP contribution in [-0.2, 0) is 0 Å². The lowest BCUT2D eigenvalue weighted by atomic mass is 10.2. The van der Waals surface area contributed by atoms with E-state index in [0.29, 0.717) is 36.6 Å². The van der Waals surface area contributed by atoms with Gasteiger partial charge in [0.2, 0.25) is 0 Å². The van der Waals surface area contributed by atoms with Gasteiger partial charge in [0.25, 0.3) is 5.91 Å². The molecule has 1 fully saturated rings. The molecule has 1 amide bonds. The first-order valence-electron chi connectivity index (χ1n) is 8.79. The summed E-state index contributed by atoms with van der Waals surface area (Å²) in [5.74, 6) is -0.296. The van der Waals surface area contributed by atoms with Crippen LogP contribution in [0.15, 0.2) is 60.8 Å². The van der Waals surface area contributed by atoms with Gasteiger partial charge in [0.1, 0.15) is 11.5 Å². The number of para-hydroxylation sites is 1. The molecule has 5 nitrogen and oxygen atoms in total. The second-order valence-corrected chi connectivity index (χ2v) is 6.79. The number of H-pyrrole nitrogens is 1. The average Bonchev–Trinajstić information content (AvgIpc) is 3.10. The summed E-state index contributed by atoms with van der Waals surface area (Å²) in [6.07, 6.45) is 1.67. The molecule has 7 heteroatoms. The minimum absolute atomic E-state index is 0.0510. The number of anilines is 1. The molecule has 4 rings (SSSR count). The number of nitrogens with one attached hydrogen (secondary N) is 1. The molecule has 1 saturated heterocycles. The van der Waals surface area contributed by atoms with E-state index in [1.807, 2.05) is 35.2 Å². The van der Waals surface area contributed by atoms with E-state index in [9.17, 15) is 9.18 Å². The normalized spacial score (nSPS) is 14.4. The predicted molar refractivity (Wildman–Crippen MR) is 105 cm³/mol. The number of halogens is 1. The van der Waals surface area contributed by atoms with Gasteiger partial charge in [-0.1, -0.05) is 18.2 Å². The number of carbonyl (C=O) groups excluding carboxylic acids is 1. The summed E-state index contributed by atoms with van der Waals surface area (Å²) in [7, 11) is 0. The molecular weight excluding hydrogens is 363 g/mol. The van der Waals surface area contributed by atoms with Crippen molar-refractivity contribution in [2.24, 2.45) is 0 Å². The highest BCUT2D eigenvalue weighted by atomic mass is 32.1. The third-order valence-electron chi connectivity index (χ3n) is 4.77. The van der Waals surface area contributed by atoms with Crippen molar-refractivity contribution in [3.63, 3.8) is 0 Å². The monoisotopic (exact) mass is 382 g/mol. The number of hydrogen-bond acceptors (Lipinski definition) is 3. The van der Waals surface area contributed by atoms with Gasteiger partial charge in [0.05, 0.1) is 0 Å². The number of nitrogens with zero attached hydrogens (tertiary/aromatic N) is 3. The summed E-state index contributed by atoms with van der Waals surface area (Å²) >= 11 is 5.37. The van der Waals surface area contributed by atoms with Gasteiger partial charge >= 0.3 is 0 Å². The number of aromatic amines is 1. The van der Waals surface area contributed by atoms with Crippen molar-refractivity contribution in [3.8, 4) is 5.69 Å². The van der Waals surface area contributed by atoms with Crippen LogP contribution in [0.2, 0.25) is 0 Å². The van der Waals surface area contributed by atoms with Crippen molar-refractivity contribution in [2.45, 2.75) is 0 Å². The van der Waals surface area contributed by atoms with E-state index in [0.717, 1.165) is 11.4 Å². The maximum atomic E-state index is 13.1. The molecule has 0 saturated carbocycles. The minimum atomic E-state index is -0.245. The van der Waals surface area contributed by atoms with Crippen LogP contribution in [0.4, 0.5) is 10.1 Å². The van der Waals surface area contributed by atoms with Crippen molar-refractivity contribution in [2.75, 3.05) is 31.1 Å². The number of piperazine rings is 1. The summed E-state index contributed by atoms with van der Waals surface area (Å²) in [6.45, 7) is 2.60. The Morgan fingerprint density at radius 1 is 0.926 bits per heavy atom. The molecule has 3 aromatic rings. The predicted octanol–water partition coefficient (Wildman–Crippen LogP) is 3.64. The molecule has 27 heavy (non-hydrogen) atoms. The molecule has 0 unspecified atom stereocenters. The number of benzene rings is 2. The number of rotatable bonds is 3. The molecule has 0 bridgehead atoms. The van der Waals surface area contributed by atoms with Gasteiger partial charge in [-0.3, -0.25) is 9.36 Å². The summed E-state index contributed by atoms with van der Waals surface area (Å²) in [6, 6.07) is 16.1. The van der Waals surface area contributed by atoms with Crippen LogP contribution in [0.25, 0.3) is 5.69 Å². The Hall–Kier alpha value is -2.93. The first-order chi connectivity index (χ1) is 13.1. The Morgan fingerprint density at radius 2 is 1.59 bits per heavy atom. The van der Waals surface area contributed by atoms with Gasteiger partial charge in [-0.05, 0) is 48.6 Å². The molecule has 1 aliphatic heterocycles. The second kappa shape index (κ2) is 7.36. The Balaban J connectivity index is 1.51. The van der Waals surface area contributed by atoms with Crippen LogP contribution < -0.4 is 4.90 Å². The number of imidazole rings is 1. The van der Waals surface area contributed by atoms with Crippen LogP contribution in [0.3, 0.4) is 0 Å². The molecule has 0 atom stereocenters. The lowest BCUT2D eigenvalue weighted by Crippen LogP contribution is -2.49. The second-order valence-electron chi connectivity index (χ2n) is 6.41. The van der Waals surface area contributed by atoms with Gasteiger partial charge in [-0.15, -0.1) is 0 Å². The maximum Gasteiger partial charge on any atom is 0.272 e. The van der Waals surface area contributed by atoms with E-state index in [1.54, 1.807) is 22.9 Å². The van der Waals surface area contributed by atoms with Crippen LogP contribution in [0, 0.1) is 10.6 Å². The third-order valence-corrected chi connectivity index (χ3v) is 5.07. The van der Waals surface area contributed by atoms with E-state index in [2.05, 4.69) is 9.88 Å². The third kappa shape index (κ3) is 3.50. The highest BCUT2D eigenvalue weighted by Crippen LogP contribution is 2.19. The Morgan fingerprint density at radius 3 is 2.26 bits per heavy atom. The van der Waals surface area contributed by atoms with E-state index in [-0.39, 0.29) is 11.7 Å². The molecule has 138 valence electrons. The van der Waals surface area contributed by atoms with Gasteiger partial charge in [0, 0.05) is 43.8 Å². The molecule has 2 aromatic carbocycles. The van der Waals surface area contributed by atoms with E-state index >= 15 is 0 Å². The first kappa shape index (κ1) is 17.5. The Kier molecular flexibility index (Phi) is 4.77. The number of carbonyl (C=O) groups is 1. The smallest absolute Gasteiger partial charge is 0.272 e. The zero-order chi connectivity index (χ0) is 18.8.